The van der Waals surface area contributed by atoms with Crippen LogP contribution in [-0.2, 0) is 19.3 Å². The van der Waals surface area contributed by atoms with Crippen molar-refractivity contribution >= 4 is 17.2 Å². The molecule has 3 nitrogen and oxygen atoms in total. The summed E-state index contributed by atoms with van der Waals surface area (Å²) >= 11 is 1.76. The Morgan fingerprint density at radius 2 is 2.00 bits per heavy atom. The van der Waals surface area contributed by atoms with Gasteiger partial charge in [-0.1, -0.05) is 32.9 Å². The lowest BCUT2D eigenvalue weighted by Gasteiger charge is -2.34. The molecule has 26 heavy (non-hydrogen) atoms. The van der Waals surface area contributed by atoms with E-state index in [9.17, 15) is 4.79 Å². The molecule has 0 radical (unpaired) electrons. The first kappa shape index (κ1) is 19.0. The molecule has 1 heterocycles. The van der Waals surface area contributed by atoms with E-state index in [0.717, 1.165) is 30.6 Å². The van der Waals surface area contributed by atoms with E-state index in [0.29, 0.717) is 17.9 Å². The Bertz CT molecular complexity index is 755. The van der Waals surface area contributed by atoms with Crippen molar-refractivity contribution < 1.29 is 9.53 Å². The first-order chi connectivity index (χ1) is 12.4. The monoisotopic (exact) mass is 371 g/mol. The number of amides is 1. The van der Waals surface area contributed by atoms with Gasteiger partial charge in [0.1, 0.15) is 5.75 Å². The summed E-state index contributed by atoms with van der Waals surface area (Å²) in [5.41, 5.74) is 3.72. The third kappa shape index (κ3) is 4.29. The van der Waals surface area contributed by atoms with E-state index in [1.165, 1.54) is 22.4 Å². The number of thiophene rings is 1. The number of ether oxygens (including phenoxy) is 1. The quantitative estimate of drug-likeness (QED) is 0.813. The molecule has 140 valence electrons. The summed E-state index contributed by atoms with van der Waals surface area (Å²) in [6, 6.07) is 8.00. The van der Waals surface area contributed by atoms with Gasteiger partial charge in [-0.15, -0.1) is 11.3 Å². The largest absolute Gasteiger partial charge is 0.497 e. The number of hydrogen-bond donors (Lipinski definition) is 1. The van der Waals surface area contributed by atoms with Crippen LogP contribution in [0.4, 0.5) is 0 Å². The number of nitrogens with one attached hydrogen (secondary N) is 1. The molecule has 0 aliphatic heterocycles. The minimum atomic E-state index is 0.0743. The molecular weight excluding hydrogens is 342 g/mol. The summed E-state index contributed by atoms with van der Waals surface area (Å²) in [4.78, 5) is 14.0. The average molecular weight is 372 g/mol. The summed E-state index contributed by atoms with van der Waals surface area (Å²) in [5.74, 6) is 1.64. The molecule has 1 atom stereocenters. The van der Waals surface area contributed by atoms with Crippen molar-refractivity contribution in [3.63, 3.8) is 0 Å². The Kier molecular flexibility index (Phi) is 5.71. The molecule has 0 saturated heterocycles. The highest BCUT2D eigenvalue weighted by Gasteiger charge is 2.31. The van der Waals surface area contributed by atoms with Crippen LogP contribution in [0.1, 0.15) is 53.6 Å². The summed E-state index contributed by atoms with van der Waals surface area (Å²) in [7, 11) is 1.67. The molecule has 2 aromatic rings. The normalized spacial score (nSPS) is 16.8. The minimum absolute atomic E-state index is 0.0743. The first-order valence-electron chi connectivity index (χ1n) is 9.39. The van der Waals surface area contributed by atoms with Gasteiger partial charge in [-0.05, 0) is 60.3 Å². The maximum atomic E-state index is 12.6. The van der Waals surface area contributed by atoms with Crippen LogP contribution in [0.15, 0.2) is 29.6 Å². The van der Waals surface area contributed by atoms with Gasteiger partial charge in [0.15, 0.2) is 0 Å². The van der Waals surface area contributed by atoms with Gasteiger partial charge in [-0.2, -0.15) is 0 Å². The molecule has 1 aliphatic carbocycles. The fraction of sp³-hybridized carbons (Fsp3) is 0.500. The van der Waals surface area contributed by atoms with Crippen LogP contribution < -0.4 is 10.1 Å². The molecule has 1 unspecified atom stereocenters. The first-order valence-corrected chi connectivity index (χ1v) is 10.3. The fourth-order valence-corrected chi connectivity index (χ4v) is 4.81. The molecule has 1 N–H and O–H groups in total. The van der Waals surface area contributed by atoms with E-state index >= 15 is 0 Å². The van der Waals surface area contributed by atoms with Crippen LogP contribution in [0.2, 0.25) is 0 Å². The van der Waals surface area contributed by atoms with Crippen LogP contribution in [0.25, 0.3) is 0 Å². The Hall–Kier alpha value is -1.81. The lowest BCUT2D eigenvalue weighted by Crippen LogP contribution is -2.29. The predicted molar refractivity (Wildman–Crippen MR) is 108 cm³/mol. The summed E-state index contributed by atoms with van der Waals surface area (Å²) in [6.45, 7) is 7.62. The number of methoxy groups -OCH3 is 1. The second-order valence-corrected chi connectivity index (χ2v) is 9.18. The standard InChI is InChI=1S/C22H29NO2S/c1-22(2,3)16-7-10-18-19(14-26-20(18)13-16)21(24)23-12-11-15-5-8-17(25-4)9-6-15/h5-6,8-9,14,16H,7,10-13H2,1-4H3,(H,23,24). The number of carbonyl (C=O) groups is 1. The highest BCUT2D eigenvalue weighted by molar-refractivity contribution is 7.10. The molecule has 0 fully saturated rings. The molecule has 0 saturated carbocycles. The lowest BCUT2D eigenvalue weighted by atomic mass is 9.72. The number of fused-ring (bicyclic) bond motifs is 1. The van der Waals surface area contributed by atoms with Crippen molar-refractivity contribution in [2.75, 3.05) is 13.7 Å². The zero-order chi connectivity index (χ0) is 18.7. The number of rotatable bonds is 5. The second kappa shape index (κ2) is 7.83. The Balaban J connectivity index is 1.57. The minimum Gasteiger partial charge on any atom is -0.497 e. The van der Waals surface area contributed by atoms with E-state index in [1.807, 2.05) is 24.3 Å². The molecule has 0 bridgehead atoms. The van der Waals surface area contributed by atoms with Gasteiger partial charge in [0, 0.05) is 16.8 Å². The van der Waals surface area contributed by atoms with Crippen LogP contribution >= 0.6 is 11.3 Å². The third-order valence-corrected chi connectivity index (χ3v) is 6.53. The smallest absolute Gasteiger partial charge is 0.252 e. The van der Waals surface area contributed by atoms with E-state index in [1.54, 1.807) is 18.4 Å². The number of hydrogen-bond acceptors (Lipinski definition) is 3. The van der Waals surface area contributed by atoms with Crippen molar-refractivity contribution in [1.82, 2.24) is 5.32 Å². The molecule has 1 aromatic heterocycles. The predicted octanol–water partition coefficient (Wildman–Crippen LogP) is 4.88. The zero-order valence-electron chi connectivity index (χ0n) is 16.2. The van der Waals surface area contributed by atoms with Crippen molar-refractivity contribution in [2.24, 2.45) is 11.3 Å². The van der Waals surface area contributed by atoms with E-state index in [-0.39, 0.29) is 5.91 Å². The number of benzene rings is 1. The van der Waals surface area contributed by atoms with Crippen molar-refractivity contribution in [3.8, 4) is 5.75 Å². The van der Waals surface area contributed by atoms with Crippen molar-refractivity contribution in [2.45, 2.75) is 46.5 Å². The molecule has 4 heteroatoms. The maximum absolute atomic E-state index is 12.6. The molecule has 1 aliphatic rings. The number of carbonyl (C=O) groups excluding carboxylic acids is 1. The molecule has 1 amide bonds. The van der Waals surface area contributed by atoms with E-state index in [2.05, 4.69) is 31.5 Å². The lowest BCUT2D eigenvalue weighted by molar-refractivity contribution is 0.0953. The summed E-state index contributed by atoms with van der Waals surface area (Å²) in [6.07, 6.45) is 4.15. The summed E-state index contributed by atoms with van der Waals surface area (Å²) < 4.78 is 5.17. The van der Waals surface area contributed by atoms with Crippen molar-refractivity contribution in [1.29, 1.82) is 0 Å². The zero-order valence-corrected chi connectivity index (χ0v) is 17.0. The molecule has 0 spiro atoms. The van der Waals surface area contributed by atoms with Crippen LogP contribution in [0.5, 0.6) is 5.75 Å². The van der Waals surface area contributed by atoms with Crippen LogP contribution in [0.3, 0.4) is 0 Å². The van der Waals surface area contributed by atoms with Gasteiger partial charge >= 0.3 is 0 Å². The molecule has 3 rings (SSSR count). The van der Waals surface area contributed by atoms with Crippen LogP contribution in [-0.4, -0.2) is 19.6 Å². The van der Waals surface area contributed by atoms with Crippen LogP contribution in [0, 0.1) is 11.3 Å². The SMILES string of the molecule is COc1ccc(CCNC(=O)c2csc3c2CCC(C(C)(C)C)C3)cc1. The summed E-state index contributed by atoms with van der Waals surface area (Å²) in [5, 5.41) is 5.14. The third-order valence-electron chi connectivity index (χ3n) is 5.48. The Morgan fingerprint density at radius 1 is 1.27 bits per heavy atom. The average Bonchev–Trinajstić information content (AvgIpc) is 3.05. The van der Waals surface area contributed by atoms with Crippen molar-refractivity contribution in [3.05, 3.63) is 51.2 Å². The maximum Gasteiger partial charge on any atom is 0.252 e. The second-order valence-electron chi connectivity index (χ2n) is 8.21. The Labute approximate surface area is 160 Å². The van der Waals surface area contributed by atoms with Gasteiger partial charge in [-0.3, -0.25) is 4.79 Å². The Morgan fingerprint density at radius 3 is 2.65 bits per heavy atom. The fourth-order valence-electron chi connectivity index (χ4n) is 3.65. The van der Waals surface area contributed by atoms with Gasteiger partial charge < -0.3 is 10.1 Å². The van der Waals surface area contributed by atoms with E-state index in [4.69, 9.17) is 4.74 Å². The van der Waals surface area contributed by atoms with Gasteiger partial charge in [0.25, 0.3) is 5.91 Å². The highest BCUT2D eigenvalue weighted by Crippen LogP contribution is 2.40. The molecule has 1 aromatic carbocycles. The molecular formula is C22H29NO2S. The van der Waals surface area contributed by atoms with Gasteiger partial charge in [0.05, 0.1) is 12.7 Å². The van der Waals surface area contributed by atoms with Gasteiger partial charge in [-0.25, -0.2) is 0 Å². The highest BCUT2D eigenvalue weighted by atomic mass is 32.1. The topological polar surface area (TPSA) is 38.3 Å². The van der Waals surface area contributed by atoms with Gasteiger partial charge in [0.2, 0.25) is 0 Å². The van der Waals surface area contributed by atoms with E-state index < -0.39 is 0 Å².